The highest BCUT2D eigenvalue weighted by Crippen LogP contribution is 2.32. The number of amides is 1. The summed E-state index contributed by atoms with van der Waals surface area (Å²) in [7, 11) is 4.10. The number of rotatable bonds is 5. The maximum absolute atomic E-state index is 13.9. The van der Waals surface area contributed by atoms with Crippen LogP contribution in [-0.2, 0) is 10.7 Å². The second kappa shape index (κ2) is 7.84. The van der Waals surface area contributed by atoms with Gasteiger partial charge in [0.05, 0.1) is 10.9 Å². The number of aromatic nitrogens is 4. The highest BCUT2D eigenvalue weighted by Gasteiger charge is 2.29. The van der Waals surface area contributed by atoms with Gasteiger partial charge in [0.15, 0.2) is 11.6 Å². The zero-order valence-corrected chi connectivity index (χ0v) is 17.9. The third-order valence-corrected chi connectivity index (χ3v) is 5.44. The van der Waals surface area contributed by atoms with Crippen LogP contribution >= 0.6 is 0 Å². The maximum Gasteiger partial charge on any atom is 0.287 e. The van der Waals surface area contributed by atoms with E-state index in [9.17, 15) is 13.6 Å². The van der Waals surface area contributed by atoms with Crippen LogP contribution in [0, 0.1) is 0 Å². The number of nitrogens with zero attached hydrogens (tertiary/aromatic N) is 6. The number of pyridine rings is 2. The molecule has 0 saturated carbocycles. The summed E-state index contributed by atoms with van der Waals surface area (Å²) in [5, 5.41) is 8.17. The first-order valence-electron chi connectivity index (χ1n) is 10.1. The molecule has 1 fully saturated rings. The van der Waals surface area contributed by atoms with E-state index in [-0.39, 0.29) is 17.4 Å². The highest BCUT2D eigenvalue weighted by atomic mass is 19.3. The van der Waals surface area contributed by atoms with Crippen molar-refractivity contribution in [3.05, 3.63) is 36.2 Å². The lowest BCUT2D eigenvalue weighted by molar-refractivity contribution is -0.114. The molecule has 0 unspecified atom stereocenters. The second-order valence-corrected chi connectivity index (χ2v) is 8.12. The number of alkyl halides is 2. The molecule has 0 aliphatic carbocycles. The molecule has 1 N–H and O–H groups in total. The van der Waals surface area contributed by atoms with Crippen molar-refractivity contribution in [2.24, 2.45) is 0 Å². The van der Waals surface area contributed by atoms with Crippen LogP contribution in [0.25, 0.3) is 16.7 Å². The van der Waals surface area contributed by atoms with E-state index in [4.69, 9.17) is 5.10 Å². The van der Waals surface area contributed by atoms with Gasteiger partial charge < -0.3 is 15.1 Å². The number of carbonyl (C=O) groups excluding carboxylic acids is 1. The van der Waals surface area contributed by atoms with E-state index in [1.807, 2.05) is 14.1 Å². The first kappa shape index (κ1) is 21.1. The van der Waals surface area contributed by atoms with E-state index in [1.54, 1.807) is 18.3 Å². The maximum atomic E-state index is 13.9. The quantitative estimate of drug-likeness (QED) is 0.672. The van der Waals surface area contributed by atoms with Crippen molar-refractivity contribution in [2.75, 3.05) is 37.4 Å². The predicted octanol–water partition coefficient (Wildman–Crippen LogP) is 3.03. The Balaban J connectivity index is 1.85. The van der Waals surface area contributed by atoms with E-state index in [1.165, 1.54) is 23.7 Å². The summed E-state index contributed by atoms with van der Waals surface area (Å²) >= 11 is 0. The third-order valence-electron chi connectivity index (χ3n) is 5.44. The minimum absolute atomic E-state index is 0.253. The van der Waals surface area contributed by atoms with Crippen molar-refractivity contribution in [2.45, 2.75) is 32.2 Å². The zero-order valence-electron chi connectivity index (χ0n) is 17.9. The number of hydrogen-bond donors (Lipinski definition) is 1. The molecule has 4 heterocycles. The standard InChI is InChI=1S/C21H25F2N7O/c1-13(31)25-18-10-16-15(11-24-18)20(29-9-8-14(12-29)28(3)4)27-30(16)19-7-5-6-17(26-19)21(2,22)23/h5-7,10-11,14H,8-9,12H2,1-4H3,(H,24,25,31)/t14-/m0/s1. The lowest BCUT2D eigenvalue weighted by atomic mass is 10.2. The summed E-state index contributed by atoms with van der Waals surface area (Å²) in [5.74, 6) is -1.97. The number of halogens is 2. The molecule has 31 heavy (non-hydrogen) atoms. The van der Waals surface area contributed by atoms with Crippen LogP contribution < -0.4 is 10.2 Å². The van der Waals surface area contributed by atoms with Crippen molar-refractivity contribution in [3.8, 4) is 5.82 Å². The number of nitrogens with one attached hydrogen (secondary N) is 1. The third kappa shape index (κ3) is 4.20. The van der Waals surface area contributed by atoms with Gasteiger partial charge in [0, 0.05) is 45.2 Å². The van der Waals surface area contributed by atoms with Crippen molar-refractivity contribution < 1.29 is 13.6 Å². The molecule has 3 aromatic heterocycles. The SMILES string of the molecule is CC(=O)Nc1cc2c(cn1)c(N1CC[C@H](N(C)C)C1)nn2-c1cccc(C(C)(F)F)n1. The Morgan fingerprint density at radius 1 is 1.32 bits per heavy atom. The van der Waals surface area contributed by atoms with Gasteiger partial charge in [-0.1, -0.05) is 6.07 Å². The summed E-state index contributed by atoms with van der Waals surface area (Å²) in [5.41, 5.74) is 0.298. The molecule has 0 bridgehead atoms. The van der Waals surface area contributed by atoms with Crippen LogP contribution in [0.4, 0.5) is 20.4 Å². The Hall–Kier alpha value is -3.14. The van der Waals surface area contributed by atoms with Gasteiger partial charge in [-0.05, 0) is 32.6 Å². The first-order valence-corrected chi connectivity index (χ1v) is 10.1. The van der Waals surface area contributed by atoms with Gasteiger partial charge in [-0.3, -0.25) is 4.79 Å². The highest BCUT2D eigenvalue weighted by molar-refractivity contribution is 5.95. The molecule has 1 aliphatic heterocycles. The molecular formula is C21H25F2N7O. The van der Waals surface area contributed by atoms with E-state index in [0.717, 1.165) is 37.6 Å². The molecule has 4 rings (SSSR count). The summed E-state index contributed by atoms with van der Waals surface area (Å²) in [6, 6.07) is 6.55. The normalized spacial score (nSPS) is 17.0. The van der Waals surface area contributed by atoms with E-state index in [2.05, 4.69) is 25.1 Å². The van der Waals surface area contributed by atoms with Gasteiger partial charge >= 0.3 is 0 Å². The molecule has 0 spiro atoms. The summed E-state index contributed by atoms with van der Waals surface area (Å²) < 4.78 is 29.3. The molecule has 1 aliphatic rings. The summed E-state index contributed by atoms with van der Waals surface area (Å²) in [6.07, 6.45) is 2.65. The second-order valence-electron chi connectivity index (χ2n) is 8.12. The average Bonchev–Trinajstić information content (AvgIpc) is 3.31. The fourth-order valence-electron chi connectivity index (χ4n) is 3.79. The molecule has 164 valence electrons. The van der Waals surface area contributed by atoms with Crippen LogP contribution in [0.3, 0.4) is 0 Å². The summed E-state index contributed by atoms with van der Waals surface area (Å²) in [6.45, 7) is 3.83. The molecule has 0 radical (unpaired) electrons. The van der Waals surface area contributed by atoms with Crippen molar-refractivity contribution >= 4 is 28.4 Å². The van der Waals surface area contributed by atoms with Crippen molar-refractivity contribution in [3.63, 3.8) is 0 Å². The van der Waals surface area contributed by atoms with Crippen molar-refractivity contribution in [1.82, 2.24) is 24.6 Å². The van der Waals surface area contributed by atoms with Crippen LogP contribution in [0.1, 0.15) is 26.0 Å². The Morgan fingerprint density at radius 3 is 2.74 bits per heavy atom. The molecule has 1 amide bonds. The van der Waals surface area contributed by atoms with Gasteiger partial charge in [0.1, 0.15) is 11.5 Å². The molecule has 1 saturated heterocycles. The largest absolute Gasteiger partial charge is 0.353 e. The molecule has 3 aromatic rings. The van der Waals surface area contributed by atoms with Crippen LogP contribution in [0.15, 0.2) is 30.5 Å². The van der Waals surface area contributed by atoms with Crippen LogP contribution in [0.5, 0.6) is 0 Å². The minimum Gasteiger partial charge on any atom is -0.353 e. The Kier molecular flexibility index (Phi) is 5.34. The monoisotopic (exact) mass is 429 g/mol. The zero-order chi connectivity index (χ0) is 22.3. The van der Waals surface area contributed by atoms with E-state index < -0.39 is 5.92 Å². The average molecular weight is 429 g/mol. The van der Waals surface area contributed by atoms with Gasteiger partial charge in [-0.25, -0.2) is 14.6 Å². The number of anilines is 2. The van der Waals surface area contributed by atoms with Gasteiger partial charge in [-0.15, -0.1) is 5.10 Å². The van der Waals surface area contributed by atoms with E-state index >= 15 is 0 Å². The topological polar surface area (TPSA) is 79.2 Å². The van der Waals surface area contributed by atoms with Crippen LogP contribution in [-0.4, -0.2) is 63.8 Å². The number of fused-ring (bicyclic) bond motifs is 1. The fourth-order valence-corrected chi connectivity index (χ4v) is 3.79. The van der Waals surface area contributed by atoms with Gasteiger partial charge in [0.25, 0.3) is 5.92 Å². The number of hydrogen-bond acceptors (Lipinski definition) is 6. The molecule has 10 heteroatoms. The summed E-state index contributed by atoms with van der Waals surface area (Å²) in [4.78, 5) is 24.3. The lowest BCUT2D eigenvalue weighted by Crippen LogP contribution is -2.31. The van der Waals surface area contributed by atoms with Gasteiger partial charge in [-0.2, -0.15) is 8.78 Å². The number of carbonyl (C=O) groups is 1. The Bertz CT molecular complexity index is 1120. The lowest BCUT2D eigenvalue weighted by Gasteiger charge is -2.20. The smallest absolute Gasteiger partial charge is 0.287 e. The fraction of sp³-hybridized carbons (Fsp3) is 0.429. The molecule has 1 atom stereocenters. The number of likely N-dealkylation sites (N-methyl/N-ethyl adjacent to an activating group) is 1. The first-order chi connectivity index (χ1) is 14.6. The Labute approximate surface area is 178 Å². The van der Waals surface area contributed by atoms with Crippen LogP contribution in [0.2, 0.25) is 0 Å². The molecule has 0 aromatic carbocycles. The van der Waals surface area contributed by atoms with Gasteiger partial charge in [0.2, 0.25) is 5.91 Å². The molecular weight excluding hydrogens is 404 g/mol. The Morgan fingerprint density at radius 2 is 2.10 bits per heavy atom. The van der Waals surface area contributed by atoms with E-state index in [0.29, 0.717) is 17.4 Å². The molecule has 8 nitrogen and oxygen atoms in total. The van der Waals surface area contributed by atoms with Crippen molar-refractivity contribution in [1.29, 1.82) is 0 Å². The minimum atomic E-state index is -3.07. The predicted molar refractivity (Wildman–Crippen MR) is 115 cm³/mol.